The Kier molecular flexibility index (Phi) is 6.79. The zero-order chi connectivity index (χ0) is 25.3. The Labute approximate surface area is 204 Å². The largest absolute Gasteiger partial charge is 0.495 e. The third kappa shape index (κ3) is 4.85. The van der Waals surface area contributed by atoms with Crippen molar-refractivity contribution in [1.29, 1.82) is 0 Å². The van der Waals surface area contributed by atoms with Gasteiger partial charge in [0.2, 0.25) is 15.9 Å². The van der Waals surface area contributed by atoms with Crippen LogP contribution in [0.1, 0.15) is 35.9 Å². The number of aromatic nitrogens is 4. The maximum atomic E-state index is 15.2. The van der Waals surface area contributed by atoms with E-state index < -0.39 is 33.6 Å². The highest BCUT2D eigenvalue weighted by Gasteiger charge is 2.34. The van der Waals surface area contributed by atoms with Crippen molar-refractivity contribution in [1.82, 2.24) is 25.1 Å². The number of sulfonamides is 1. The van der Waals surface area contributed by atoms with Gasteiger partial charge in [-0.05, 0) is 48.4 Å². The zero-order valence-corrected chi connectivity index (χ0v) is 20.4. The molecule has 0 aliphatic heterocycles. The summed E-state index contributed by atoms with van der Waals surface area (Å²) >= 11 is 5.96. The molecule has 2 aromatic carbocycles. The lowest BCUT2D eigenvalue weighted by Gasteiger charge is -2.25. The molecule has 0 aliphatic rings. The molecular weight excluding hydrogens is 501 g/mol. The van der Waals surface area contributed by atoms with E-state index in [-0.39, 0.29) is 27.1 Å². The Hall–Kier alpha value is -3.48. The highest BCUT2D eigenvalue weighted by Crippen LogP contribution is 2.38. The van der Waals surface area contributed by atoms with Gasteiger partial charge in [0, 0.05) is 28.8 Å². The molecule has 35 heavy (non-hydrogen) atoms. The van der Waals surface area contributed by atoms with Gasteiger partial charge in [0.05, 0.1) is 12.8 Å². The molecule has 2 atom stereocenters. The zero-order valence-electron chi connectivity index (χ0n) is 18.8. The van der Waals surface area contributed by atoms with Crippen molar-refractivity contribution in [2.45, 2.75) is 30.7 Å². The van der Waals surface area contributed by atoms with E-state index in [1.54, 1.807) is 32.2 Å². The van der Waals surface area contributed by atoms with Crippen LogP contribution in [0.2, 0.25) is 5.02 Å². The van der Waals surface area contributed by atoms with Crippen molar-refractivity contribution < 1.29 is 22.0 Å². The molecule has 2 unspecified atom stereocenters. The van der Waals surface area contributed by atoms with Gasteiger partial charge in [0.15, 0.2) is 0 Å². The quantitative estimate of drug-likeness (QED) is 0.321. The smallest absolute Gasteiger partial charge is 0.434 e. The Balaban J connectivity index is 1.82. The number of rotatable bonds is 8. The fourth-order valence-corrected chi connectivity index (χ4v) is 5.53. The maximum absolute atomic E-state index is 15.2. The van der Waals surface area contributed by atoms with Crippen LogP contribution in [0.25, 0.3) is 11.3 Å². The summed E-state index contributed by atoms with van der Waals surface area (Å²) < 4.78 is 54.7. The predicted octanol–water partition coefficient (Wildman–Crippen LogP) is 3.69. The average molecular weight is 522 g/mol. The number of H-pyrrole nitrogens is 2. The van der Waals surface area contributed by atoms with Crippen molar-refractivity contribution in [2.75, 3.05) is 7.11 Å². The Morgan fingerprint density at radius 3 is 2.60 bits per heavy atom. The lowest BCUT2D eigenvalue weighted by atomic mass is 9.87. The number of benzene rings is 2. The molecule has 13 heteroatoms. The second-order valence-electron chi connectivity index (χ2n) is 7.73. The fraction of sp³-hybridized carbons (Fsp3) is 0.227. The van der Waals surface area contributed by atoms with Crippen LogP contribution >= 0.6 is 11.6 Å². The number of nitrogens with one attached hydrogen (secondary N) is 3. The molecular formula is C22H21ClFN5O5S. The van der Waals surface area contributed by atoms with Crippen LogP contribution in [0.3, 0.4) is 0 Å². The number of halogens is 2. The van der Waals surface area contributed by atoms with E-state index in [4.69, 9.17) is 20.8 Å². The van der Waals surface area contributed by atoms with Crippen LogP contribution < -0.4 is 15.2 Å². The number of ether oxygens (including phenoxy) is 1. The first kappa shape index (κ1) is 24.6. The Morgan fingerprint density at radius 1 is 1.20 bits per heavy atom. The van der Waals surface area contributed by atoms with Crippen LogP contribution in [0.5, 0.6) is 5.75 Å². The summed E-state index contributed by atoms with van der Waals surface area (Å²) in [4.78, 5) is 11.5. The minimum atomic E-state index is -4.28. The van der Waals surface area contributed by atoms with Crippen molar-refractivity contribution in [3.63, 3.8) is 0 Å². The molecule has 0 fully saturated rings. The van der Waals surface area contributed by atoms with Gasteiger partial charge in [-0.25, -0.2) is 22.7 Å². The minimum Gasteiger partial charge on any atom is -0.495 e. The number of nitrogens with zero attached hydrogens (tertiary/aromatic N) is 2. The van der Waals surface area contributed by atoms with Crippen LogP contribution in [-0.2, 0) is 10.0 Å². The molecule has 184 valence electrons. The van der Waals surface area contributed by atoms with Crippen LogP contribution in [0.15, 0.2) is 56.7 Å². The first-order valence-electron chi connectivity index (χ1n) is 10.3. The van der Waals surface area contributed by atoms with Crippen molar-refractivity contribution >= 4 is 21.6 Å². The van der Waals surface area contributed by atoms with Gasteiger partial charge in [0.25, 0.3) is 0 Å². The fourth-order valence-electron chi connectivity index (χ4n) is 3.94. The van der Waals surface area contributed by atoms with Crippen LogP contribution in [0.4, 0.5) is 4.39 Å². The number of hydrogen-bond donors (Lipinski definition) is 3. The van der Waals surface area contributed by atoms with Crippen molar-refractivity contribution in [2.24, 2.45) is 0 Å². The summed E-state index contributed by atoms with van der Waals surface area (Å²) in [5.74, 6) is -2.58. The summed E-state index contributed by atoms with van der Waals surface area (Å²) in [6.07, 6.45) is 1.63. The molecule has 4 rings (SSSR count). The molecule has 0 saturated carbocycles. The van der Waals surface area contributed by atoms with Gasteiger partial charge in [-0.15, -0.1) is 5.10 Å². The van der Waals surface area contributed by atoms with Gasteiger partial charge in [0.1, 0.15) is 22.5 Å². The van der Waals surface area contributed by atoms with E-state index in [1.165, 1.54) is 31.4 Å². The standard InChI is InChI=1S/C22H21ClFN5O5S/c1-11-14(16-8-9-25-26-16)5-6-15(24)19(11)12(2)20(21-27-28-22(30)34-21)29-35(31,32)18-7-4-13(23)10-17(18)33-3/h4-10,12,20,29H,1-3H3,(H,25,26)(H,28,30). The lowest BCUT2D eigenvalue weighted by Crippen LogP contribution is -2.33. The van der Waals surface area contributed by atoms with Gasteiger partial charge < -0.3 is 9.15 Å². The molecule has 2 heterocycles. The first-order chi connectivity index (χ1) is 16.6. The van der Waals surface area contributed by atoms with Gasteiger partial charge >= 0.3 is 5.76 Å². The molecule has 3 N–H and O–H groups in total. The Bertz CT molecular complexity index is 1520. The number of aromatic amines is 2. The Morgan fingerprint density at radius 2 is 1.97 bits per heavy atom. The van der Waals surface area contributed by atoms with Gasteiger partial charge in [-0.1, -0.05) is 18.5 Å². The highest BCUT2D eigenvalue weighted by atomic mass is 35.5. The summed E-state index contributed by atoms with van der Waals surface area (Å²) in [5.41, 5.74) is 1.98. The van der Waals surface area contributed by atoms with E-state index in [2.05, 4.69) is 25.1 Å². The van der Waals surface area contributed by atoms with Crippen LogP contribution in [-0.4, -0.2) is 35.9 Å². The normalized spacial score (nSPS) is 13.5. The summed E-state index contributed by atoms with van der Waals surface area (Å²) in [6.45, 7) is 3.30. The topological polar surface area (TPSA) is 143 Å². The monoisotopic (exact) mass is 521 g/mol. The third-order valence-electron chi connectivity index (χ3n) is 5.61. The molecule has 0 amide bonds. The van der Waals surface area contributed by atoms with E-state index in [0.29, 0.717) is 16.8 Å². The molecule has 10 nitrogen and oxygen atoms in total. The third-order valence-corrected chi connectivity index (χ3v) is 7.33. The van der Waals surface area contributed by atoms with Gasteiger partial charge in [-0.3, -0.25) is 5.10 Å². The molecule has 2 aromatic heterocycles. The molecule has 0 aliphatic carbocycles. The molecule has 0 spiro atoms. The molecule has 4 aromatic rings. The van der Waals surface area contributed by atoms with Crippen molar-refractivity contribution in [3.8, 4) is 17.0 Å². The van der Waals surface area contributed by atoms with E-state index in [9.17, 15) is 13.2 Å². The highest BCUT2D eigenvalue weighted by molar-refractivity contribution is 7.89. The predicted molar refractivity (Wildman–Crippen MR) is 125 cm³/mol. The minimum absolute atomic E-state index is 0.00257. The van der Waals surface area contributed by atoms with E-state index in [0.717, 1.165) is 0 Å². The van der Waals surface area contributed by atoms with Crippen molar-refractivity contribution in [3.05, 3.63) is 81.0 Å². The average Bonchev–Trinajstić information content (AvgIpc) is 3.49. The van der Waals surface area contributed by atoms with E-state index in [1.807, 2.05) is 0 Å². The molecule has 0 radical (unpaired) electrons. The molecule has 0 saturated heterocycles. The van der Waals surface area contributed by atoms with Crippen LogP contribution in [0, 0.1) is 12.7 Å². The van der Waals surface area contributed by atoms with Gasteiger partial charge in [-0.2, -0.15) is 9.82 Å². The number of hydrogen-bond acceptors (Lipinski definition) is 7. The summed E-state index contributed by atoms with van der Waals surface area (Å²) in [6, 6.07) is 7.34. The summed E-state index contributed by atoms with van der Waals surface area (Å²) in [5, 5.41) is 13.1. The second-order valence-corrected chi connectivity index (χ2v) is 9.85. The summed E-state index contributed by atoms with van der Waals surface area (Å²) in [7, 11) is -2.98. The second kappa shape index (κ2) is 9.64. The number of methoxy groups -OCH3 is 1. The lowest BCUT2D eigenvalue weighted by molar-refractivity contribution is 0.374. The molecule has 0 bridgehead atoms. The maximum Gasteiger partial charge on any atom is 0.434 e. The SMILES string of the molecule is COc1cc(Cl)ccc1S(=O)(=O)NC(c1n[nH]c(=O)o1)C(C)c1c(F)ccc(-c2cc[nH]n2)c1C. The first-order valence-corrected chi connectivity index (χ1v) is 12.2. The van der Waals surface area contributed by atoms with E-state index >= 15 is 4.39 Å².